The maximum Gasteiger partial charge on any atom is 0.399 e. The van der Waals surface area contributed by atoms with Crippen LogP contribution in [0.4, 0.5) is 13.2 Å². The van der Waals surface area contributed by atoms with Gasteiger partial charge in [0.05, 0.1) is 10.5 Å². The van der Waals surface area contributed by atoms with Crippen LogP contribution < -0.4 is 11.3 Å². The van der Waals surface area contributed by atoms with Gasteiger partial charge in [0.15, 0.2) is 0 Å². The van der Waals surface area contributed by atoms with E-state index in [0.29, 0.717) is 10.9 Å². The quantitative estimate of drug-likeness (QED) is 0.886. The largest absolute Gasteiger partial charge is 0.399 e. The Hall–Kier alpha value is -1.89. The fourth-order valence-electron chi connectivity index (χ4n) is 1.97. The van der Waals surface area contributed by atoms with Crippen LogP contribution in [0.25, 0.3) is 10.9 Å². The van der Waals surface area contributed by atoms with Crippen molar-refractivity contribution in [2.75, 3.05) is 0 Å². The van der Waals surface area contributed by atoms with Gasteiger partial charge in [-0.05, 0) is 17.5 Å². The lowest BCUT2D eigenvalue weighted by Gasteiger charge is -2.21. The average Bonchev–Trinajstić information content (AvgIpc) is 2.35. The Labute approximate surface area is 117 Å². The molecule has 0 bridgehead atoms. The molecule has 0 spiro atoms. The minimum atomic E-state index is -4.58. The number of nitrogens with two attached hydrogens (primary N) is 1. The van der Waals surface area contributed by atoms with Crippen LogP contribution in [0, 0.1) is 5.92 Å². The predicted molar refractivity (Wildman–Crippen MR) is 74.5 cm³/mol. The van der Waals surface area contributed by atoms with Gasteiger partial charge in [0.1, 0.15) is 5.92 Å². The molecular weight excluding hydrogens is 289 g/mol. The van der Waals surface area contributed by atoms with Crippen molar-refractivity contribution in [2.24, 2.45) is 11.7 Å². The molecule has 0 aliphatic rings. The van der Waals surface area contributed by atoms with E-state index < -0.39 is 29.2 Å². The summed E-state index contributed by atoms with van der Waals surface area (Å²) in [6, 6.07) is 9.50. The number of alkyl halides is 3. The van der Waals surface area contributed by atoms with Gasteiger partial charge in [-0.15, -0.1) is 0 Å². The Kier molecular flexibility index (Phi) is 3.80. The van der Waals surface area contributed by atoms with Gasteiger partial charge >= 0.3 is 6.18 Å². The predicted octanol–water partition coefficient (Wildman–Crippen LogP) is 2.47. The van der Waals surface area contributed by atoms with Gasteiger partial charge < -0.3 is 10.3 Å². The summed E-state index contributed by atoms with van der Waals surface area (Å²) in [5, 5.41) is 0.677. The van der Waals surface area contributed by atoms with Crippen molar-refractivity contribution in [1.29, 1.82) is 0 Å². The standard InChI is InChI=1S/C13H11F3N2OS/c14-13(15,16)9(12(17)20)7-18-10-4-2-1-3-8(10)5-6-11(18)19/h1-6,9H,7H2,(H2,17,20). The minimum absolute atomic E-state index is 0.422. The SMILES string of the molecule is NC(=S)C(Cn1c(=O)ccc2ccccc21)C(F)(F)F. The number of halogens is 3. The number of rotatable bonds is 3. The van der Waals surface area contributed by atoms with Gasteiger partial charge in [-0.3, -0.25) is 4.79 Å². The van der Waals surface area contributed by atoms with Gasteiger partial charge in [0, 0.05) is 12.6 Å². The summed E-state index contributed by atoms with van der Waals surface area (Å²) in [6.07, 6.45) is -4.58. The maximum absolute atomic E-state index is 12.9. The van der Waals surface area contributed by atoms with Gasteiger partial charge in [-0.1, -0.05) is 30.4 Å². The molecule has 1 unspecified atom stereocenters. The molecule has 0 aliphatic carbocycles. The summed E-state index contributed by atoms with van der Waals surface area (Å²) >= 11 is 4.47. The van der Waals surface area contributed by atoms with E-state index in [1.807, 2.05) is 0 Å². The van der Waals surface area contributed by atoms with E-state index >= 15 is 0 Å². The molecule has 3 nitrogen and oxygen atoms in total. The molecule has 0 saturated heterocycles. The highest BCUT2D eigenvalue weighted by atomic mass is 32.1. The summed E-state index contributed by atoms with van der Waals surface area (Å²) in [4.78, 5) is 11.2. The Bertz CT molecular complexity index is 709. The highest BCUT2D eigenvalue weighted by molar-refractivity contribution is 7.80. The molecular formula is C13H11F3N2OS. The first-order valence-corrected chi connectivity index (χ1v) is 6.16. The van der Waals surface area contributed by atoms with Crippen LogP contribution in [0.2, 0.25) is 0 Å². The number of hydrogen-bond donors (Lipinski definition) is 1. The van der Waals surface area contributed by atoms with E-state index in [0.717, 1.165) is 4.57 Å². The second-order valence-electron chi connectivity index (χ2n) is 4.34. The molecule has 0 aliphatic heterocycles. The summed E-state index contributed by atoms with van der Waals surface area (Å²) in [5.74, 6) is -2.03. The van der Waals surface area contributed by atoms with Crippen LogP contribution in [0.15, 0.2) is 41.2 Å². The monoisotopic (exact) mass is 300 g/mol. The molecule has 106 valence electrons. The molecule has 1 aromatic carbocycles. The van der Waals surface area contributed by atoms with Crippen LogP contribution in [0.3, 0.4) is 0 Å². The van der Waals surface area contributed by atoms with Crippen molar-refractivity contribution in [2.45, 2.75) is 12.7 Å². The van der Waals surface area contributed by atoms with Crippen LogP contribution in [0.1, 0.15) is 0 Å². The van der Waals surface area contributed by atoms with Crippen LogP contribution in [-0.2, 0) is 6.54 Å². The number of fused-ring (bicyclic) bond motifs is 1. The molecule has 2 N–H and O–H groups in total. The number of aromatic nitrogens is 1. The minimum Gasteiger partial charge on any atom is -0.393 e. The zero-order valence-electron chi connectivity index (χ0n) is 10.2. The lowest BCUT2D eigenvalue weighted by molar-refractivity contribution is -0.158. The van der Waals surface area contributed by atoms with E-state index in [9.17, 15) is 18.0 Å². The van der Waals surface area contributed by atoms with Crippen molar-refractivity contribution in [3.63, 3.8) is 0 Å². The third-order valence-electron chi connectivity index (χ3n) is 3.00. The number of pyridine rings is 1. The average molecular weight is 300 g/mol. The van der Waals surface area contributed by atoms with Gasteiger partial charge in [0.2, 0.25) is 0 Å². The maximum atomic E-state index is 12.9. The summed E-state index contributed by atoms with van der Waals surface area (Å²) in [7, 11) is 0. The number of benzene rings is 1. The third-order valence-corrected chi connectivity index (χ3v) is 3.29. The van der Waals surface area contributed by atoms with Gasteiger partial charge in [-0.25, -0.2) is 0 Å². The Morgan fingerprint density at radius 2 is 1.90 bits per heavy atom. The molecule has 0 amide bonds. The highest BCUT2D eigenvalue weighted by Gasteiger charge is 2.42. The lowest BCUT2D eigenvalue weighted by Crippen LogP contribution is -2.39. The Balaban J connectivity index is 2.55. The van der Waals surface area contributed by atoms with Crippen molar-refractivity contribution < 1.29 is 13.2 Å². The highest BCUT2D eigenvalue weighted by Crippen LogP contribution is 2.28. The zero-order valence-corrected chi connectivity index (χ0v) is 11.0. The summed E-state index contributed by atoms with van der Waals surface area (Å²) in [6.45, 7) is -0.612. The number of para-hydroxylation sites is 1. The van der Waals surface area contributed by atoms with Crippen molar-refractivity contribution in [3.05, 3.63) is 46.8 Å². The Morgan fingerprint density at radius 1 is 1.25 bits per heavy atom. The number of hydrogen-bond acceptors (Lipinski definition) is 2. The molecule has 0 saturated carbocycles. The topological polar surface area (TPSA) is 48.0 Å². The fraction of sp³-hybridized carbons (Fsp3) is 0.231. The lowest BCUT2D eigenvalue weighted by atomic mass is 10.1. The number of nitrogens with zero attached hydrogens (tertiary/aromatic N) is 1. The number of thiocarbonyl (C=S) groups is 1. The first-order valence-electron chi connectivity index (χ1n) is 5.75. The first-order chi connectivity index (χ1) is 9.30. The second-order valence-corrected chi connectivity index (χ2v) is 4.81. The normalized spacial score (nSPS) is 13.3. The molecule has 2 rings (SSSR count). The second kappa shape index (κ2) is 5.24. The molecule has 20 heavy (non-hydrogen) atoms. The fourth-order valence-corrected chi connectivity index (χ4v) is 2.18. The van der Waals surface area contributed by atoms with Crippen LogP contribution >= 0.6 is 12.2 Å². The third kappa shape index (κ3) is 2.82. The molecule has 1 atom stereocenters. The van der Waals surface area contributed by atoms with Crippen molar-refractivity contribution in [1.82, 2.24) is 4.57 Å². The molecule has 2 aromatic rings. The van der Waals surface area contributed by atoms with Gasteiger partial charge in [-0.2, -0.15) is 13.2 Å². The van der Waals surface area contributed by atoms with E-state index in [1.165, 1.54) is 6.07 Å². The van der Waals surface area contributed by atoms with E-state index in [2.05, 4.69) is 12.2 Å². The van der Waals surface area contributed by atoms with Crippen molar-refractivity contribution >= 4 is 28.1 Å². The van der Waals surface area contributed by atoms with E-state index in [1.54, 1.807) is 30.3 Å². The molecule has 7 heteroatoms. The smallest absolute Gasteiger partial charge is 0.393 e. The van der Waals surface area contributed by atoms with Crippen LogP contribution in [-0.4, -0.2) is 15.7 Å². The molecule has 1 heterocycles. The Morgan fingerprint density at radius 3 is 2.50 bits per heavy atom. The molecule has 0 fully saturated rings. The summed E-state index contributed by atoms with van der Waals surface area (Å²) in [5.41, 5.74) is 5.06. The zero-order chi connectivity index (χ0) is 14.9. The van der Waals surface area contributed by atoms with Crippen LogP contribution in [0.5, 0.6) is 0 Å². The first kappa shape index (κ1) is 14.5. The molecule has 0 radical (unpaired) electrons. The van der Waals surface area contributed by atoms with E-state index in [-0.39, 0.29) is 0 Å². The molecule has 1 aromatic heterocycles. The van der Waals surface area contributed by atoms with E-state index in [4.69, 9.17) is 5.73 Å². The van der Waals surface area contributed by atoms with Gasteiger partial charge in [0.25, 0.3) is 5.56 Å². The summed E-state index contributed by atoms with van der Waals surface area (Å²) < 4.78 is 39.8. The van der Waals surface area contributed by atoms with Crippen molar-refractivity contribution in [3.8, 4) is 0 Å².